The molecule has 6 aromatic rings. The van der Waals surface area contributed by atoms with Crippen molar-refractivity contribution in [1.29, 1.82) is 10.5 Å². The van der Waals surface area contributed by atoms with Gasteiger partial charge in [0.1, 0.15) is 35.0 Å². The maximum Gasteiger partial charge on any atom is 0.146 e. The van der Waals surface area contributed by atoms with Crippen LogP contribution in [0, 0.1) is 29.6 Å². The third-order valence-corrected chi connectivity index (χ3v) is 10.4. The van der Waals surface area contributed by atoms with E-state index < -0.39 is 0 Å². The first-order valence-electron chi connectivity index (χ1n) is 14.7. The molecular weight excluding hydrogens is 637 g/mol. The molecule has 0 aromatic heterocycles. The Morgan fingerprint density at radius 1 is 0.489 bits per heavy atom. The Kier molecular flexibility index (Phi) is 10.2. The normalized spacial score (nSPS) is 10.6. The van der Waals surface area contributed by atoms with Crippen LogP contribution < -0.4 is 9.47 Å². The average Bonchev–Trinajstić information content (AvgIpc) is 3.10. The van der Waals surface area contributed by atoms with Crippen molar-refractivity contribution in [3.8, 4) is 40.5 Å². The summed E-state index contributed by atoms with van der Waals surface area (Å²) in [5.74, 6) is 2.02. The van der Waals surface area contributed by atoms with E-state index in [0.717, 1.165) is 57.4 Å². The molecule has 47 heavy (non-hydrogen) atoms. The lowest BCUT2D eigenvalue weighted by Gasteiger charge is -2.12. The van der Waals surface area contributed by atoms with Crippen LogP contribution in [0.1, 0.15) is 16.7 Å². The van der Waals surface area contributed by atoms with Crippen LogP contribution in [0.3, 0.4) is 0 Å². The predicted octanol–water partition coefficient (Wildman–Crippen LogP) is 11.7. The molecule has 0 aliphatic heterocycles. The van der Waals surface area contributed by atoms with Crippen molar-refractivity contribution < 1.29 is 9.47 Å². The number of ether oxygens (including phenoxy) is 2. The number of nitriles is 2. The molecule has 7 heteroatoms. The van der Waals surface area contributed by atoms with Gasteiger partial charge in [-0.15, -0.1) is 0 Å². The minimum absolute atomic E-state index is 0.500. The van der Waals surface area contributed by atoms with Gasteiger partial charge in [0, 0.05) is 29.4 Å². The Morgan fingerprint density at radius 2 is 0.936 bits per heavy atom. The number of hydrogen-bond acceptors (Lipinski definition) is 7. The van der Waals surface area contributed by atoms with Crippen LogP contribution in [0.2, 0.25) is 0 Å². The van der Waals surface area contributed by atoms with Crippen molar-refractivity contribution in [2.75, 3.05) is 7.11 Å². The first-order valence-corrected chi connectivity index (χ1v) is 17.2. The summed E-state index contributed by atoms with van der Waals surface area (Å²) < 4.78 is 11.4. The van der Waals surface area contributed by atoms with Gasteiger partial charge in [-0.2, -0.15) is 10.5 Å². The summed E-state index contributed by atoms with van der Waals surface area (Å²) >= 11 is 4.80. The highest BCUT2D eigenvalue weighted by Gasteiger charge is 2.13. The highest BCUT2D eigenvalue weighted by Crippen LogP contribution is 2.38. The van der Waals surface area contributed by atoms with E-state index in [2.05, 4.69) is 60.7 Å². The van der Waals surface area contributed by atoms with Gasteiger partial charge in [-0.05, 0) is 115 Å². The Balaban J connectivity index is 1.11. The molecule has 0 fully saturated rings. The van der Waals surface area contributed by atoms with Gasteiger partial charge in [0.05, 0.1) is 12.7 Å². The largest absolute Gasteiger partial charge is 0.497 e. The number of hydrogen-bond donors (Lipinski definition) is 0. The predicted molar refractivity (Wildman–Crippen MR) is 191 cm³/mol. The van der Waals surface area contributed by atoms with Crippen LogP contribution in [0.25, 0.3) is 11.1 Å². The second-order valence-corrected chi connectivity index (χ2v) is 13.8. The van der Waals surface area contributed by atoms with Crippen molar-refractivity contribution in [3.05, 3.63) is 150 Å². The van der Waals surface area contributed by atoms with Gasteiger partial charge in [0.2, 0.25) is 0 Å². The Hall–Kier alpha value is -5.05. The fourth-order valence-electron chi connectivity index (χ4n) is 4.83. The number of nitrogens with zero attached hydrogens (tertiary/aromatic N) is 2. The monoisotopic (exact) mass is 664 g/mol. The smallest absolute Gasteiger partial charge is 0.146 e. The summed E-state index contributed by atoms with van der Waals surface area (Å²) in [5, 5.41) is 19.6. The first kappa shape index (κ1) is 31.9. The van der Waals surface area contributed by atoms with Crippen molar-refractivity contribution in [3.63, 3.8) is 0 Å². The molecule has 0 unspecified atom stereocenters. The fraction of sp³-hybridized carbons (Fsp3) is 0.0500. The summed E-state index contributed by atoms with van der Waals surface area (Å²) in [7, 11) is 1.66. The van der Waals surface area contributed by atoms with E-state index in [4.69, 9.17) is 9.47 Å². The zero-order valence-corrected chi connectivity index (χ0v) is 28.1. The highest BCUT2D eigenvalue weighted by molar-refractivity contribution is 8.00. The SMILES string of the molecule is COc1ccc(Sc2ccc(Oc3cccc(Sc4ccc(-c5ccc(Sc6cccc(C)c6C#N)cc5)cc4)c3C#N)cc2)cc1. The third-order valence-electron chi connectivity index (χ3n) is 7.29. The van der Waals surface area contributed by atoms with E-state index in [1.165, 1.54) is 11.8 Å². The lowest BCUT2D eigenvalue weighted by molar-refractivity contribution is 0.414. The highest BCUT2D eigenvalue weighted by atomic mass is 32.2. The molecule has 0 amide bonds. The molecule has 0 atom stereocenters. The topological polar surface area (TPSA) is 66.0 Å². The Morgan fingerprint density at radius 3 is 1.45 bits per heavy atom. The van der Waals surface area contributed by atoms with Crippen LogP contribution in [0.4, 0.5) is 0 Å². The molecule has 6 aromatic carbocycles. The number of methoxy groups -OCH3 is 1. The summed E-state index contributed by atoms with van der Waals surface area (Å²) in [5.41, 5.74) is 4.42. The molecule has 0 radical (unpaired) electrons. The second-order valence-electron chi connectivity index (χ2n) is 10.4. The molecule has 0 aliphatic carbocycles. The van der Waals surface area contributed by atoms with E-state index in [9.17, 15) is 10.5 Å². The van der Waals surface area contributed by atoms with Crippen molar-refractivity contribution in [2.45, 2.75) is 36.3 Å². The summed E-state index contributed by atoms with van der Waals surface area (Å²) in [6, 6.07) is 48.8. The van der Waals surface area contributed by atoms with Crippen LogP contribution in [0.5, 0.6) is 17.2 Å². The van der Waals surface area contributed by atoms with E-state index in [1.54, 1.807) is 30.6 Å². The molecular formula is C40H28N2O2S3. The van der Waals surface area contributed by atoms with Gasteiger partial charge in [-0.3, -0.25) is 0 Å². The Bertz CT molecular complexity index is 2080. The number of rotatable bonds is 10. The van der Waals surface area contributed by atoms with E-state index in [0.29, 0.717) is 17.1 Å². The summed E-state index contributed by atoms with van der Waals surface area (Å²) in [6.07, 6.45) is 0. The standard InChI is InChI=1S/C40H28N2O2S3/c1-27-5-3-7-39(36(27)25-41)46-34-17-9-28(10-18-34)29-11-19-35(20-12-29)47-40-8-4-6-38(37(40)26-42)44-31-15-23-33(24-16-31)45-32-21-13-30(43-2)14-22-32/h3-24H,1-2H3. The van der Waals surface area contributed by atoms with Gasteiger partial charge < -0.3 is 9.47 Å². The zero-order chi connectivity index (χ0) is 32.6. The van der Waals surface area contributed by atoms with E-state index in [-0.39, 0.29) is 0 Å². The lowest BCUT2D eigenvalue weighted by atomic mass is 10.1. The van der Waals surface area contributed by atoms with Gasteiger partial charge in [-0.25, -0.2) is 0 Å². The minimum Gasteiger partial charge on any atom is -0.497 e. The molecule has 0 spiro atoms. The van der Waals surface area contributed by atoms with Crippen LogP contribution >= 0.6 is 35.3 Å². The fourth-order valence-corrected chi connectivity index (χ4v) is 7.55. The number of benzene rings is 6. The maximum atomic E-state index is 10.1. The molecule has 0 bridgehead atoms. The molecule has 0 saturated heterocycles. The van der Waals surface area contributed by atoms with Crippen molar-refractivity contribution in [2.24, 2.45) is 0 Å². The lowest BCUT2D eigenvalue weighted by Crippen LogP contribution is -1.91. The first-order chi connectivity index (χ1) is 23.0. The zero-order valence-electron chi connectivity index (χ0n) is 25.6. The molecule has 6 rings (SSSR count). The van der Waals surface area contributed by atoms with Gasteiger partial charge in [0.25, 0.3) is 0 Å². The number of aryl methyl sites for hydroxylation is 1. The Labute approximate surface area is 288 Å². The minimum atomic E-state index is 0.500. The van der Waals surface area contributed by atoms with Crippen molar-refractivity contribution >= 4 is 35.3 Å². The molecule has 228 valence electrons. The van der Waals surface area contributed by atoms with Gasteiger partial charge in [0.15, 0.2) is 0 Å². The van der Waals surface area contributed by atoms with Crippen LogP contribution in [-0.4, -0.2) is 7.11 Å². The molecule has 0 aliphatic rings. The molecule has 4 nitrogen and oxygen atoms in total. The van der Waals surface area contributed by atoms with E-state index in [1.807, 2.05) is 91.9 Å². The van der Waals surface area contributed by atoms with Crippen molar-refractivity contribution in [1.82, 2.24) is 0 Å². The van der Waals surface area contributed by atoms with Crippen LogP contribution in [0.15, 0.2) is 163 Å². The molecule has 0 N–H and O–H groups in total. The van der Waals surface area contributed by atoms with Crippen LogP contribution in [-0.2, 0) is 0 Å². The second kappa shape index (κ2) is 15.0. The summed E-state index contributed by atoms with van der Waals surface area (Å²) in [6.45, 7) is 1.96. The maximum absolute atomic E-state index is 10.1. The summed E-state index contributed by atoms with van der Waals surface area (Å²) in [4.78, 5) is 6.10. The molecule has 0 heterocycles. The van der Waals surface area contributed by atoms with E-state index >= 15 is 0 Å². The molecule has 0 saturated carbocycles. The van der Waals surface area contributed by atoms with Gasteiger partial charge >= 0.3 is 0 Å². The van der Waals surface area contributed by atoms with Gasteiger partial charge in [-0.1, -0.05) is 77.8 Å². The third kappa shape index (κ3) is 7.85. The average molecular weight is 665 g/mol. The quantitative estimate of drug-likeness (QED) is 0.144.